The van der Waals surface area contributed by atoms with Crippen LogP contribution in [0.2, 0.25) is 0 Å². The van der Waals surface area contributed by atoms with Crippen molar-refractivity contribution in [1.82, 2.24) is 10.3 Å². The Bertz CT molecular complexity index is 353. The number of rotatable bonds is 4. The Morgan fingerprint density at radius 3 is 2.29 bits per heavy atom. The summed E-state index contributed by atoms with van der Waals surface area (Å²) in [5.41, 5.74) is 2.32. The minimum absolute atomic E-state index is 0.0171. The van der Waals surface area contributed by atoms with Crippen LogP contribution in [0.1, 0.15) is 57.7 Å². The molecule has 98 valence electrons. The van der Waals surface area contributed by atoms with Crippen LogP contribution in [0.4, 0.5) is 0 Å². The first kappa shape index (κ1) is 15.9. The topological polar surface area (TPSA) is 44.9 Å². The lowest BCUT2D eigenvalue weighted by molar-refractivity contribution is 0.569. The molecule has 0 saturated heterocycles. The van der Waals surface area contributed by atoms with Crippen molar-refractivity contribution < 1.29 is 0 Å². The van der Waals surface area contributed by atoms with Crippen LogP contribution in [0.25, 0.3) is 0 Å². The molecule has 0 aromatic carbocycles. The molecule has 17 heavy (non-hydrogen) atoms. The van der Waals surface area contributed by atoms with Crippen molar-refractivity contribution in [2.75, 3.05) is 7.05 Å². The van der Waals surface area contributed by atoms with Gasteiger partial charge in [0.2, 0.25) is 5.56 Å². The maximum atomic E-state index is 11.1. The molecule has 0 aliphatic carbocycles. The van der Waals surface area contributed by atoms with E-state index < -0.39 is 0 Å². The molecule has 0 fully saturated rings. The fraction of sp³-hybridized carbons (Fsp3) is 0.643. The Kier molecular flexibility index (Phi) is 8.42. The zero-order valence-corrected chi connectivity index (χ0v) is 11.8. The van der Waals surface area contributed by atoms with Crippen molar-refractivity contribution in [3.8, 4) is 0 Å². The summed E-state index contributed by atoms with van der Waals surface area (Å²) >= 11 is 0. The Morgan fingerprint density at radius 1 is 1.29 bits per heavy atom. The first-order valence-electron chi connectivity index (χ1n) is 6.53. The van der Waals surface area contributed by atoms with Gasteiger partial charge >= 0.3 is 0 Å². The molecular formula is C14H26N2O. The van der Waals surface area contributed by atoms with E-state index in [2.05, 4.69) is 38.0 Å². The second-order valence-corrected chi connectivity index (χ2v) is 4.09. The van der Waals surface area contributed by atoms with Gasteiger partial charge in [-0.05, 0) is 31.0 Å². The molecule has 0 radical (unpaired) electrons. The number of hydrogen-bond donors (Lipinski definition) is 2. The van der Waals surface area contributed by atoms with Crippen LogP contribution < -0.4 is 10.9 Å². The fourth-order valence-corrected chi connectivity index (χ4v) is 1.73. The zero-order chi connectivity index (χ0) is 13.3. The van der Waals surface area contributed by atoms with Crippen LogP contribution in [-0.2, 0) is 6.42 Å². The molecule has 0 aliphatic heterocycles. The SMILES string of the molecule is CCC.CCc1cc(=O)[nH]cc1C(CC)NC. The van der Waals surface area contributed by atoms with Gasteiger partial charge in [-0.15, -0.1) is 0 Å². The maximum Gasteiger partial charge on any atom is 0.248 e. The molecule has 0 spiro atoms. The van der Waals surface area contributed by atoms with Crippen molar-refractivity contribution in [3.63, 3.8) is 0 Å². The van der Waals surface area contributed by atoms with Crippen LogP contribution in [0.15, 0.2) is 17.1 Å². The lowest BCUT2D eigenvalue weighted by atomic mass is 9.99. The summed E-state index contributed by atoms with van der Waals surface area (Å²) < 4.78 is 0. The van der Waals surface area contributed by atoms with Crippen LogP contribution in [0, 0.1) is 0 Å². The summed E-state index contributed by atoms with van der Waals surface area (Å²) in [7, 11) is 1.94. The van der Waals surface area contributed by atoms with E-state index in [1.807, 2.05) is 13.2 Å². The molecule has 1 aromatic heterocycles. The van der Waals surface area contributed by atoms with Gasteiger partial charge in [0.1, 0.15) is 0 Å². The highest BCUT2D eigenvalue weighted by molar-refractivity contribution is 5.26. The van der Waals surface area contributed by atoms with Crippen molar-refractivity contribution >= 4 is 0 Å². The van der Waals surface area contributed by atoms with E-state index >= 15 is 0 Å². The van der Waals surface area contributed by atoms with Crippen molar-refractivity contribution in [2.45, 2.75) is 53.0 Å². The van der Waals surface area contributed by atoms with E-state index in [0.29, 0.717) is 6.04 Å². The molecule has 0 aliphatic rings. The van der Waals surface area contributed by atoms with E-state index in [1.54, 1.807) is 6.07 Å². The van der Waals surface area contributed by atoms with E-state index in [9.17, 15) is 4.79 Å². The Hall–Kier alpha value is -1.09. The molecule has 3 heteroatoms. The second-order valence-electron chi connectivity index (χ2n) is 4.09. The molecule has 2 N–H and O–H groups in total. The number of hydrogen-bond acceptors (Lipinski definition) is 2. The van der Waals surface area contributed by atoms with Gasteiger partial charge in [-0.1, -0.05) is 34.1 Å². The highest BCUT2D eigenvalue weighted by atomic mass is 16.1. The molecule has 1 aromatic rings. The summed E-state index contributed by atoms with van der Waals surface area (Å²) in [6.07, 6.45) is 5.00. The molecule has 1 atom stereocenters. The Balaban J connectivity index is 0.000000770. The number of pyridine rings is 1. The molecule has 1 heterocycles. The maximum absolute atomic E-state index is 11.1. The number of aryl methyl sites for hydroxylation is 1. The third-order valence-corrected chi connectivity index (χ3v) is 2.56. The van der Waals surface area contributed by atoms with Gasteiger partial charge in [0.25, 0.3) is 0 Å². The highest BCUT2D eigenvalue weighted by Gasteiger charge is 2.10. The summed E-state index contributed by atoms with van der Waals surface area (Å²) in [5, 5.41) is 3.24. The van der Waals surface area contributed by atoms with Crippen LogP contribution in [-0.4, -0.2) is 12.0 Å². The normalized spacial score (nSPS) is 11.6. The predicted octanol–water partition coefficient (Wildman–Crippen LogP) is 3.02. The van der Waals surface area contributed by atoms with E-state index in [1.165, 1.54) is 12.0 Å². The minimum Gasteiger partial charge on any atom is -0.329 e. The van der Waals surface area contributed by atoms with Crippen LogP contribution in [0.3, 0.4) is 0 Å². The van der Waals surface area contributed by atoms with Crippen molar-refractivity contribution in [1.29, 1.82) is 0 Å². The number of aromatic amines is 1. The summed E-state index contributed by atoms with van der Waals surface area (Å²) in [6.45, 7) is 8.45. The quantitative estimate of drug-likeness (QED) is 0.847. The molecule has 0 amide bonds. The van der Waals surface area contributed by atoms with E-state index in [0.717, 1.165) is 18.4 Å². The highest BCUT2D eigenvalue weighted by Crippen LogP contribution is 2.18. The molecule has 0 bridgehead atoms. The average molecular weight is 238 g/mol. The smallest absolute Gasteiger partial charge is 0.248 e. The summed E-state index contributed by atoms with van der Waals surface area (Å²) in [5.74, 6) is 0. The zero-order valence-electron chi connectivity index (χ0n) is 11.8. The van der Waals surface area contributed by atoms with Gasteiger partial charge < -0.3 is 10.3 Å². The summed E-state index contributed by atoms with van der Waals surface area (Å²) in [6, 6.07) is 2.02. The standard InChI is InChI=1S/C11H18N2O.C3H8/c1-4-8-6-11(14)13-7-9(8)10(5-2)12-3;1-3-2/h6-7,10,12H,4-5H2,1-3H3,(H,13,14);3H2,1-2H3. The van der Waals surface area contributed by atoms with Crippen LogP contribution >= 0.6 is 0 Å². The fourth-order valence-electron chi connectivity index (χ4n) is 1.73. The monoisotopic (exact) mass is 238 g/mol. The van der Waals surface area contributed by atoms with E-state index in [-0.39, 0.29) is 5.56 Å². The Labute approximate surface area is 105 Å². The van der Waals surface area contributed by atoms with Crippen molar-refractivity contribution in [2.24, 2.45) is 0 Å². The lowest BCUT2D eigenvalue weighted by Crippen LogP contribution is -2.19. The van der Waals surface area contributed by atoms with Gasteiger partial charge in [-0.2, -0.15) is 0 Å². The van der Waals surface area contributed by atoms with Gasteiger partial charge in [-0.3, -0.25) is 4.79 Å². The molecule has 1 unspecified atom stereocenters. The van der Waals surface area contributed by atoms with Crippen molar-refractivity contribution in [3.05, 3.63) is 33.7 Å². The number of aromatic nitrogens is 1. The third-order valence-electron chi connectivity index (χ3n) is 2.56. The molecule has 0 saturated carbocycles. The van der Waals surface area contributed by atoms with Gasteiger partial charge in [-0.25, -0.2) is 0 Å². The lowest BCUT2D eigenvalue weighted by Gasteiger charge is -2.17. The number of H-pyrrole nitrogens is 1. The molecule has 3 nitrogen and oxygen atoms in total. The first-order chi connectivity index (χ1) is 8.14. The van der Waals surface area contributed by atoms with Gasteiger partial charge in [0.05, 0.1) is 0 Å². The number of nitrogens with one attached hydrogen (secondary N) is 2. The summed E-state index contributed by atoms with van der Waals surface area (Å²) in [4.78, 5) is 13.9. The van der Waals surface area contributed by atoms with Gasteiger partial charge in [0, 0.05) is 18.3 Å². The molecule has 1 rings (SSSR count). The molecular weight excluding hydrogens is 212 g/mol. The van der Waals surface area contributed by atoms with Gasteiger partial charge in [0.15, 0.2) is 0 Å². The van der Waals surface area contributed by atoms with E-state index in [4.69, 9.17) is 0 Å². The second kappa shape index (κ2) is 8.99. The van der Waals surface area contributed by atoms with Crippen LogP contribution in [0.5, 0.6) is 0 Å². The third kappa shape index (κ3) is 5.18. The largest absolute Gasteiger partial charge is 0.329 e. The predicted molar refractivity (Wildman–Crippen MR) is 74.5 cm³/mol. The Morgan fingerprint density at radius 2 is 1.88 bits per heavy atom. The minimum atomic E-state index is -0.0171. The average Bonchev–Trinajstić information content (AvgIpc) is 2.33. The first-order valence-corrected chi connectivity index (χ1v) is 6.53.